The average Bonchev–Trinajstić information content (AvgIpc) is 2.73. The molecule has 174 valence electrons. The van der Waals surface area contributed by atoms with E-state index >= 15 is 0 Å². The molecule has 1 aliphatic heterocycles. The number of benzene rings is 2. The third-order valence-electron chi connectivity index (χ3n) is 5.47. The zero-order chi connectivity index (χ0) is 23.5. The second kappa shape index (κ2) is 9.60. The summed E-state index contributed by atoms with van der Waals surface area (Å²) in [6.07, 6.45) is 3.80. The van der Waals surface area contributed by atoms with Crippen molar-refractivity contribution in [1.82, 2.24) is 4.31 Å². The highest BCUT2D eigenvalue weighted by Gasteiger charge is 2.26. The van der Waals surface area contributed by atoms with E-state index < -0.39 is 32.5 Å². The summed E-state index contributed by atoms with van der Waals surface area (Å²) in [6.45, 7) is 4.22. The molecule has 3 rings (SSSR count). The van der Waals surface area contributed by atoms with Gasteiger partial charge in [0, 0.05) is 18.8 Å². The van der Waals surface area contributed by atoms with Crippen LogP contribution in [0.5, 0.6) is 0 Å². The Morgan fingerprint density at radius 1 is 0.938 bits per heavy atom. The van der Waals surface area contributed by atoms with E-state index in [4.69, 9.17) is 0 Å². The first kappa shape index (κ1) is 24.2. The minimum atomic E-state index is -3.70. The van der Waals surface area contributed by atoms with Gasteiger partial charge in [0.15, 0.2) is 0 Å². The van der Waals surface area contributed by atoms with Crippen LogP contribution in [0.2, 0.25) is 0 Å². The lowest BCUT2D eigenvalue weighted by molar-refractivity contribution is -0.114. The normalized spacial score (nSPS) is 15.3. The molecule has 8 nitrogen and oxygen atoms in total. The molecule has 0 spiro atoms. The lowest BCUT2D eigenvalue weighted by Crippen LogP contribution is -2.38. The third kappa shape index (κ3) is 5.48. The number of carbonyl (C=O) groups excluding carboxylic acids is 1. The van der Waals surface area contributed by atoms with Gasteiger partial charge >= 0.3 is 0 Å². The number of para-hydroxylation sites is 1. The molecule has 1 fully saturated rings. The highest BCUT2D eigenvalue weighted by atomic mass is 32.2. The highest BCUT2D eigenvalue weighted by molar-refractivity contribution is 7.92. The average molecular weight is 480 g/mol. The fraction of sp³-hybridized carbons (Fsp3) is 0.409. The molecule has 1 aliphatic rings. The van der Waals surface area contributed by atoms with Crippen molar-refractivity contribution in [2.24, 2.45) is 0 Å². The molecule has 0 atom stereocenters. The molecule has 2 aromatic carbocycles. The van der Waals surface area contributed by atoms with Crippen LogP contribution in [-0.2, 0) is 24.8 Å². The third-order valence-corrected chi connectivity index (χ3v) is 8.49. The lowest BCUT2D eigenvalue weighted by Gasteiger charge is -2.26. The summed E-state index contributed by atoms with van der Waals surface area (Å²) in [5.74, 6) is -0.523. The Bertz CT molecular complexity index is 1170. The number of nitrogens with zero attached hydrogens (tertiary/aromatic N) is 2. The van der Waals surface area contributed by atoms with Crippen molar-refractivity contribution in [2.75, 3.05) is 35.5 Å². The van der Waals surface area contributed by atoms with Crippen LogP contribution >= 0.6 is 0 Å². The van der Waals surface area contributed by atoms with E-state index in [0.717, 1.165) is 41.0 Å². The van der Waals surface area contributed by atoms with Gasteiger partial charge in [-0.05, 0) is 62.1 Å². The Morgan fingerprint density at radius 3 is 2.03 bits per heavy atom. The molecule has 0 radical (unpaired) electrons. The van der Waals surface area contributed by atoms with Gasteiger partial charge < -0.3 is 5.32 Å². The molecule has 0 aromatic heterocycles. The SMILES string of the molecule is Cc1cccc(C)c1N(CC(=O)Nc1ccc(S(=O)(=O)N2CCCCC2)cc1)S(C)(=O)=O. The number of piperidine rings is 1. The largest absolute Gasteiger partial charge is 0.325 e. The molecule has 1 amide bonds. The molecule has 1 saturated heterocycles. The van der Waals surface area contributed by atoms with Gasteiger partial charge in [0.2, 0.25) is 26.0 Å². The molecule has 1 heterocycles. The Kier molecular flexibility index (Phi) is 7.26. The Morgan fingerprint density at radius 2 is 1.50 bits per heavy atom. The van der Waals surface area contributed by atoms with Gasteiger partial charge in [0.1, 0.15) is 6.54 Å². The van der Waals surface area contributed by atoms with Crippen LogP contribution in [0, 0.1) is 13.8 Å². The van der Waals surface area contributed by atoms with E-state index in [1.165, 1.54) is 28.6 Å². The van der Waals surface area contributed by atoms with Crippen LogP contribution in [0.15, 0.2) is 47.4 Å². The van der Waals surface area contributed by atoms with Crippen LogP contribution in [0.3, 0.4) is 0 Å². The molecule has 0 saturated carbocycles. The quantitative estimate of drug-likeness (QED) is 0.658. The van der Waals surface area contributed by atoms with E-state index in [-0.39, 0.29) is 4.90 Å². The van der Waals surface area contributed by atoms with E-state index in [1.807, 2.05) is 6.07 Å². The minimum Gasteiger partial charge on any atom is -0.325 e. The van der Waals surface area contributed by atoms with Crippen molar-refractivity contribution in [2.45, 2.75) is 38.0 Å². The van der Waals surface area contributed by atoms with Gasteiger partial charge in [0.05, 0.1) is 16.8 Å². The van der Waals surface area contributed by atoms with Crippen molar-refractivity contribution in [3.63, 3.8) is 0 Å². The molecular formula is C22H29N3O5S2. The fourth-order valence-electron chi connectivity index (χ4n) is 3.86. The molecular weight excluding hydrogens is 450 g/mol. The number of hydrogen-bond acceptors (Lipinski definition) is 5. The van der Waals surface area contributed by atoms with Crippen LogP contribution in [-0.4, -0.2) is 52.9 Å². The number of carbonyl (C=O) groups is 1. The summed E-state index contributed by atoms with van der Waals surface area (Å²) in [7, 11) is -7.26. The first-order chi connectivity index (χ1) is 15.0. The predicted octanol–water partition coefficient (Wildman–Crippen LogP) is 2.88. The Balaban J connectivity index is 1.75. The first-order valence-corrected chi connectivity index (χ1v) is 13.7. The number of amides is 1. The maximum absolute atomic E-state index is 12.8. The number of aryl methyl sites for hydroxylation is 2. The van der Waals surface area contributed by atoms with Crippen molar-refractivity contribution >= 4 is 37.3 Å². The lowest BCUT2D eigenvalue weighted by atomic mass is 10.1. The highest BCUT2D eigenvalue weighted by Crippen LogP contribution is 2.27. The molecule has 0 aliphatic carbocycles. The van der Waals surface area contributed by atoms with Gasteiger partial charge in [-0.25, -0.2) is 16.8 Å². The fourth-order valence-corrected chi connectivity index (χ4v) is 6.35. The second-order valence-corrected chi connectivity index (χ2v) is 11.9. The van der Waals surface area contributed by atoms with Gasteiger partial charge in [-0.1, -0.05) is 24.6 Å². The van der Waals surface area contributed by atoms with Crippen LogP contribution in [0.25, 0.3) is 0 Å². The molecule has 32 heavy (non-hydrogen) atoms. The number of sulfonamides is 2. The minimum absolute atomic E-state index is 0.172. The molecule has 0 unspecified atom stereocenters. The van der Waals surface area contributed by atoms with Gasteiger partial charge in [-0.15, -0.1) is 0 Å². The summed E-state index contributed by atoms with van der Waals surface area (Å²) in [4.78, 5) is 12.8. The zero-order valence-electron chi connectivity index (χ0n) is 18.5. The van der Waals surface area contributed by atoms with Gasteiger partial charge in [-0.2, -0.15) is 4.31 Å². The maximum Gasteiger partial charge on any atom is 0.245 e. The summed E-state index contributed by atoms with van der Waals surface area (Å²) < 4.78 is 52.9. The summed E-state index contributed by atoms with van der Waals surface area (Å²) in [6, 6.07) is 11.4. The van der Waals surface area contributed by atoms with Crippen LogP contribution in [0.1, 0.15) is 30.4 Å². The topological polar surface area (TPSA) is 104 Å². The molecule has 0 bridgehead atoms. The maximum atomic E-state index is 12.8. The standard InChI is InChI=1S/C22H29N3O5S2/c1-17-8-7-9-18(2)22(17)25(31(3,27)28)16-21(26)23-19-10-12-20(13-11-19)32(29,30)24-14-5-4-6-15-24/h7-13H,4-6,14-16H2,1-3H3,(H,23,26). The van der Waals surface area contributed by atoms with Crippen molar-refractivity contribution in [1.29, 1.82) is 0 Å². The van der Waals surface area contributed by atoms with E-state index in [2.05, 4.69) is 5.32 Å². The summed E-state index contributed by atoms with van der Waals surface area (Å²) >= 11 is 0. The molecule has 1 N–H and O–H groups in total. The smallest absolute Gasteiger partial charge is 0.245 e. The van der Waals surface area contributed by atoms with Crippen LogP contribution in [0.4, 0.5) is 11.4 Å². The monoisotopic (exact) mass is 479 g/mol. The summed E-state index contributed by atoms with van der Waals surface area (Å²) in [5, 5.41) is 2.66. The van der Waals surface area contributed by atoms with Gasteiger partial charge in [-0.3, -0.25) is 9.10 Å². The first-order valence-electron chi connectivity index (χ1n) is 10.4. The number of hydrogen-bond donors (Lipinski definition) is 1. The number of anilines is 2. The van der Waals surface area contributed by atoms with Crippen LogP contribution < -0.4 is 9.62 Å². The summed E-state index contributed by atoms with van der Waals surface area (Å²) in [5.41, 5.74) is 2.36. The van der Waals surface area contributed by atoms with Crippen molar-refractivity contribution in [3.8, 4) is 0 Å². The van der Waals surface area contributed by atoms with Crippen molar-refractivity contribution < 1.29 is 21.6 Å². The van der Waals surface area contributed by atoms with E-state index in [9.17, 15) is 21.6 Å². The predicted molar refractivity (Wildman–Crippen MR) is 126 cm³/mol. The van der Waals surface area contributed by atoms with E-state index in [1.54, 1.807) is 26.0 Å². The number of rotatable bonds is 7. The van der Waals surface area contributed by atoms with Gasteiger partial charge in [0.25, 0.3) is 0 Å². The molecule has 10 heteroatoms. The Hall–Kier alpha value is -2.43. The molecule has 2 aromatic rings. The Labute approximate surface area is 190 Å². The van der Waals surface area contributed by atoms with Crippen molar-refractivity contribution in [3.05, 3.63) is 53.6 Å². The zero-order valence-corrected chi connectivity index (χ0v) is 20.2. The number of nitrogens with one attached hydrogen (secondary N) is 1. The second-order valence-electron chi connectivity index (χ2n) is 8.05. The van der Waals surface area contributed by atoms with E-state index in [0.29, 0.717) is 24.5 Å².